The van der Waals surface area contributed by atoms with Gasteiger partial charge in [0, 0.05) is 53.6 Å². The maximum atomic E-state index is 13.6. The molecular formula is C30H33FN4O2. The van der Waals surface area contributed by atoms with Crippen LogP contribution in [0.1, 0.15) is 43.1 Å². The van der Waals surface area contributed by atoms with Crippen molar-refractivity contribution in [3.8, 4) is 0 Å². The van der Waals surface area contributed by atoms with Crippen LogP contribution < -0.4 is 15.1 Å². The first-order chi connectivity index (χ1) is 17.8. The lowest BCUT2D eigenvalue weighted by molar-refractivity contribution is 0.102. The number of hydrogen-bond acceptors (Lipinski definition) is 3. The summed E-state index contributed by atoms with van der Waals surface area (Å²) in [6.07, 6.45) is 2.90. The molecule has 0 radical (unpaired) electrons. The smallest absolute Gasteiger partial charge is 0.324 e. The number of anilines is 4. The molecule has 0 aromatic heterocycles. The van der Waals surface area contributed by atoms with Crippen LogP contribution in [0.3, 0.4) is 0 Å². The Morgan fingerprint density at radius 3 is 2.41 bits per heavy atom. The lowest BCUT2D eigenvalue weighted by Gasteiger charge is -2.35. The Hall–Kier alpha value is -4.13. The van der Waals surface area contributed by atoms with Gasteiger partial charge in [-0.05, 0) is 100 Å². The van der Waals surface area contributed by atoms with Crippen LogP contribution in [0.15, 0.2) is 78.5 Å². The first kappa shape index (κ1) is 25.9. The third-order valence-electron chi connectivity index (χ3n) is 6.70. The van der Waals surface area contributed by atoms with Crippen LogP contribution in [0.25, 0.3) is 0 Å². The number of carbonyl (C=O) groups is 2. The fraction of sp³-hybridized carbons (Fsp3) is 0.267. The lowest BCUT2D eigenvalue weighted by Crippen LogP contribution is -2.49. The Bertz CT molecular complexity index is 1300. The highest BCUT2D eigenvalue weighted by atomic mass is 19.1. The molecule has 3 aromatic carbocycles. The SMILES string of the molecule is C/C=C(/C)N(c1ccc(F)cc1)c1cc(C(=O)Nc2ccc(N3CCCN(CC)C3=O)cc2)ccc1C. The molecule has 0 unspecified atom stereocenters. The number of hydrogen-bond donors (Lipinski definition) is 1. The highest BCUT2D eigenvalue weighted by molar-refractivity contribution is 6.05. The second-order valence-corrected chi connectivity index (χ2v) is 9.11. The molecule has 192 valence electrons. The van der Waals surface area contributed by atoms with E-state index in [1.807, 2.05) is 80.0 Å². The molecule has 37 heavy (non-hydrogen) atoms. The van der Waals surface area contributed by atoms with Crippen LogP contribution in [0, 0.1) is 12.7 Å². The normalized spacial score (nSPS) is 14.1. The summed E-state index contributed by atoms with van der Waals surface area (Å²) in [7, 11) is 0. The van der Waals surface area contributed by atoms with E-state index in [1.165, 1.54) is 12.1 Å². The van der Waals surface area contributed by atoms with E-state index in [1.54, 1.807) is 23.1 Å². The van der Waals surface area contributed by atoms with Crippen LogP contribution in [0.4, 0.5) is 31.9 Å². The van der Waals surface area contributed by atoms with Gasteiger partial charge in [-0.25, -0.2) is 9.18 Å². The van der Waals surface area contributed by atoms with Crippen molar-refractivity contribution in [2.24, 2.45) is 0 Å². The van der Waals surface area contributed by atoms with E-state index in [0.717, 1.165) is 41.3 Å². The zero-order chi connectivity index (χ0) is 26.5. The molecule has 3 aromatic rings. The number of aryl methyl sites for hydroxylation is 1. The molecule has 1 fully saturated rings. The van der Waals surface area contributed by atoms with E-state index in [-0.39, 0.29) is 17.8 Å². The maximum absolute atomic E-state index is 13.6. The summed E-state index contributed by atoms with van der Waals surface area (Å²) in [4.78, 5) is 31.5. The average molecular weight is 501 g/mol. The number of allylic oxidation sites excluding steroid dienone is 2. The first-order valence-electron chi connectivity index (χ1n) is 12.6. The zero-order valence-electron chi connectivity index (χ0n) is 21.8. The predicted molar refractivity (Wildman–Crippen MR) is 148 cm³/mol. The average Bonchev–Trinajstić information content (AvgIpc) is 2.91. The molecular weight excluding hydrogens is 467 g/mol. The number of carbonyl (C=O) groups excluding carboxylic acids is 2. The number of halogens is 1. The summed E-state index contributed by atoms with van der Waals surface area (Å²) in [6.45, 7) is 10.0. The van der Waals surface area contributed by atoms with Crippen LogP contribution in [-0.4, -0.2) is 36.5 Å². The highest BCUT2D eigenvalue weighted by Crippen LogP contribution is 2.33. The third-order valence-corrected chi connectivity index (χ3v) is 6.70. The molecule has 1 aliphatic heterocycles. The Morgan fingerprint density at radius 1 is 1.05 bits per heavy atom. The van der Waals surface area contributed by atoms with Gasteiger partial charge in [0.1, 0.15) is 5.82 Å². The Labute approximate surface area is 218 Å². The molecule has 1 saturated heterocycles. The second-order valence-electron chi connectivity index (χ2n) is 9.11. The number of urea groups is 1. The minimum atomic E-state index is -0.301. The van der Waals surface area contributed by atoms with E-state index < -0.39 is 0 Å². The molecule has 7 heteroatoms. The topological polar surface area (TPSA) is 55.9 Å². The van der Waals surface area contributed by atoms with Crippen molar-refractivity contribution in [3.63, 3.8) is 0 Å². The van der Waals surface area contributed by atoms with Gasteiger partial charge in [0.25, 0.3) is 5.91 Å². The van der Waals surface area contributed by atoms with Crippen LogP contribution in [0.2, 0.25) is 0 Å². The summed E-state index contributed by atoms with van der Waals surface area (Å²) in [5.41, 5.74) is 5.56. The van der Waals surface area contributed by atoms with E-state index in [0.29, 0.717) is 24.3 Å². The van der Waals surface area contributed by atoms with Gasteiger partial charge in [-0.15, -0.1) is 0 Å². The van der Waals surface area contributed by atoms with Crippen molar-refractivity contribution in [2.75, 3.05) is 34.8 Å². The number of benzene rings is 3. The van der Waals surface area contributed by atoms with Crippen molar-refractivity contribution < 1.29 is 14.0 Å². The van der Waals surface area contributed by atoms with Crippen molar-refractivity contribution in [3.05, 3.63) is 95.4 Å². The van der Waals surface area contributed by atoms with Gasteiger partial charge in [0.15, 0.2) is 0 Å². The molecule has 1 aliphatic rings. The van der Waals surface area contributed by atoms with Crippen molar-refractivity contribution >= 4 is 34.7 Å². The van der Waals surface area contributed by atoms with Gasteiger partial charge in [0.2, 0.25) is 0 Å². The standard InChI is InChI=1S/C30H33FN4O2/c1-5-22(4)35(27-14-10-24(31)11-15-27)28-20-23(9-8-21(28)3)29(36)32-25-12-16-26(17-13-25)34-19-7-18-33(6-2)30(34)37/h5,8-17,20H,6-7,18-19H2,1-4H3,(H,32,36)/b22-5-. The third kappa shape index (κ3) is 5.66. The maximum Gasteiger partial charge on any atom is 0.324 e. The number of rotatable bonds is 7. The molecule has 1 heterocycles. The molecule has 0 atom stereocenters. The minimum absolute atomic E-state index is 0.0138. The molecule has 0 aliphatic carbocycles. The van der Waals surface area contributed by atoms with E-state index in [2.05, 4.69) is 5.32 Å². The Morgan fingerprint density at radius 2 is 1.76 bits per heavy atom. The molecule has 3 amide bonds. The minimum Gasteiger partial charge on any atom is -0.325 e. The fourth-order valence-corrected chi connectivity index (χ4v) is 4.49. The van der Waals surface area contributed by atoms with Gasteiger partial charge >= 0.3 is 6.03 Å². The predicted octanol–water partition coefficient (Wildman–Crippen LogP) is 7.10. The second kappa shape index (κ2) is 11.3. The van der Waals surface area contributed by atoms with Gasteiger partial charge in [-0.2, -0.15) is 0 Å². The van der Waals surface area contributed by atoms with Gasteiger partial charge in [-0.1, -0.05) is 12.1 Å². The van der Waals surface area contributed by atoms with E-state index in [4.69, 9.17) is 0 Å². The fourth-order valence-electron chi connectivity index (χ4n) is 4.49. The van der Waals surface area contributed by atoms with Gasteiger partial charge in [0.05, 0.1) is 0 Å². The lowest BCUT2D eigenvalue weighted by atomic mass is 10.1. The quantitative estimate of drug-likeness (QED) is 0.376. The van der Waals surface area contributed by atoms with Crippen LogP contribution in [0.5, 0.6) is 0 Å². The summed E-state index contributed by atoms with van der Waals surface area (Å²) in [5, 5.41) is 2.96. The Balaban J connectivity index is 1.55. The van der Waals surface area contributed by atoms with Gasteiger partial charge < -0.3 is 15.1 Å². The molecule has 0 saturated carbocycles. The highest BCUT2D eigenvalue weighted by Gasteiger charge is 2.25. The van der Waals surface area contributed by atoms with Crippen LogP contribution >= 0.6 is 0 Å². The molecule has 0 bridgehead atoms. The number of nitrogens with zero attached hydrogens (tertiary/aromatic N) is 3. The monoisotopic (exact) mass is 500 g/mol. The van der Waals surface area contributed by atoms with E-state index in [9.17, 15) is 14.0 Å². The largest absolute Gasteiger partial charge is 0.325 e. The Kier molecular flexibility index (Phi) is 7.92. The number of amides is 3. The molecule has 0 spiro atoms. The van der Waals surface area contributed by atoms with E-state index >= 15 is 0 Å². The van der Waals surface area contributed by atoms with Crippen molar-refractivity contribution in [1.29, 1.82) is 0 Å². The summed E-state index contributed by atoms with van der Waals surface area (Å²) in [6, 6.07) is 19.2. The molecule has 6 nitrogen and oxygen atoms in total. The van der Waals surface area contributed by atoms with Crippen molar-refractivity contribution in [2.45, 2.75) is 34.1 Å². The van der Waals surface area contributed by atoms with Crippen molar-refractivity contribution in [1.82, 2.24) is 4.90 Å². The summed E-state index contributed by atoms with van der Waals surface area (Å²) < 4.78 is 13.6. The summed E-state index contributed by atoms with van der Waals surface area (Å²) >= 11 is 0. The summed E-state index contributed by atoms with van der Waals surface area (Å²) in [5.74, 6) is -0.539. The van der Waals surface area contributed by atoms with Crippen LogP contribution in [-0.2, 0) is 0 Å². The van der Waals surface area contributed by atoms with Gasteiger partial charge in [-0.3, -0.25) is 9.69 Å². The first-order valence-corrected chi connectivity index (χ1v) is 12.6. The zero-order valence-corrected chi connectivity index (χ0v) is 21.8. The molecule has 1 N–H and O–H groups in total. The molecule has 4 rings (SSSR count). The number of nitrogens with one attached hydrogen (secondary N) is 1.